The number of phosphoric ester groups is 1. The number of allylic oxidation sites excluding steroid dienone is 4. The Hall–Kier alpha value is -1.02. The van der Waals surface area contributed by atoms with Crippen LogP contribution in [0.5, 0.6) is 0 Å². The summed E-state index contributed by atoms with van der Waals surface area (Å²) in [6.07, 6.45) is 36.1. The van der Waals surface area contributed by atoms with Crippen molar-refractivity contribution in [3.63, 3.8) is 0 Å². The minimum absolute atomic E-state index is 0.0961. The molecule has 2 atom stereocenters. The molecule has 2 unspecified atom stereocenters. The number of rotatable bonds is 36. The van der Waals surface area contributed by atoms with Crippen LogP contribution in [0.1, 0.15) is 168 Å². The number of nitrogens with two attached hydrogens (primary N) is 1. The van der Waals surface area contributed by atoms with Crippen LogP contribution >= 0.6 is 7.82 Å². The van der Waals surface area contributed by atoms with Crippen LogP contribution in [0.25, 0.3) is 0 Å². The number of unbranched alkanes of at least 4 members (excludes halogenated alkanes) is 19. The zero-order chi connectivity index (χ0) is 33.8. The van der Waals surface area contributed by atoms with Crippen molar-refractivity contribution in [1.82, 2.24) is 0 Å². The molecule has 0 fully saturated rings. The van der Waals surface area contributed by atoms with Crippen molar-refractivity contribution in [1.29, 1.82) is 0 Å². The molecule has 9 heteroatoms. The van der Waals surface area contributed by atoms with Gasteiger partial charge in [-0.2, -0.15) is 0 Å². The molecule has 272 valence electrons. The van der Waals surface area contributed by atoms with Gasteiger partial charge in [0.25, 0.3) is 0 Å². The van der Waals surface area contributed by atoms with E-state index in [2.05, 4.69) is 38.2 Å². The number of ether oxygens (including phenoxy) is 2. The van der Waals surface area contributed by atoms with E-state index in [0.29, 0.717) is 13.0 Å². The lowest BCUT2D eigenvalue weighted by atomic mass is 10.1. The second-order valence-corrected chi connectivity index (χ2v) is 13.9. The van der Waals surface area contributed by atoms with Crippen LogP contribution in [-0.2, 0) is 27.9 Å². The Labute approximate surface area is 283 Å². The molecule has 0 aromatic heterocycles. The third kappa shape index (κ3) is 34.3. The summed E-state index contributed by atoms with van der Waals surface area (Å²) in [5, 5.41) is 0. The summed E-state index contributed by atoms with van der Waals surface area (Å²) < 4.78 is 33.2. The highest BCUT2D eigenvalue weighted by atomic mass is 31.2. The average molecular weight is 674 g/mol. The molecule has 0 aliphatic rings. The van der Waals surface area contributed by atoms with Gasteiger partial charge < -0.3 is 20.1 Å². The normalized spacial score (nSPS) is 13.9. The van der Waals surface area contributed by atoms with E-state index in [1.807, 2.05) is 0 Å². The molecule has 46 heavy (non-hydrogen) atoms. The van der Waals surface area contributed by atoms with Gasteiger partial charge in [0, 0.05) is 19.6 Å². The zero-order valence-electron chi connectivity index (χ0n) is 29.8. The van der Waals surface area contributed by atoms with Crippen molar-refractivity contribution in [2.24, 2.45) is 5.73 Å². The SMILES string of the molecule is CCCCC/C=C\C/C=C\CCCCCCCCOCC(COP(=O)(O)OCCN)OC(=O)CCCCCCCCCCCCC. The van der Waals surface area contributed by atoms with Crippen LogP contribution in [0.2, 0.25) is 0 Å². The van der Waals surface area contributed by atoms with Gasteiger partial charge in [0.2, 0.25) is 0 Å². The average Bonchev–Trinajstić information content (AvgIpc) is 3.04. The molecule has 0 aliphatic carbocycles. The van der Waals surface area contributed by atoms with Crippen molar-refractivity contribution in [3.05, 3.63) is 24.3 Å². The minimum Gasteiger partial charge on any atom is -0.457 e. The molecule has 0 rings (SSSR count). The van der Waals surface area contributed by atoms with Crippen LogP contribution in [0.15, 0.2) is 24.3 Å². The second-order valence-electron chi connectivity index (χ2n) is 12.4. The fraction of sp³-hybridized carbons (Fsp3) is 0.865. The van der Waals surface area contributed by atoms with E-state index in [4.69, 9.17) is 24.3 Å². The number of carbonyl (C=O) groups is 1. The fourth-order valence-corrected chi connectivity index (χ4v) is 5.85. The van der Waals surface area contributed by atoms with E-state index >= 15 is 0 Å². The van der Waals surface area contributed by atoms with Gasteiger partial charge in [0.05, 0.1) is 19.8 Å². The van der Waals surface area contributed by atoms with Gasteiger partial charge in [-0.25, -0.2) is 4.57 Å². The Morgan fingerprint density at radius 1 is 0.652 bits per heavy atom. The Kier molecular flexibility index (Phi) is 34.5. The van der Waals surface area contributed by atoms with Crippen molar-refractivity contribution in [2.45, 2.75) is 174 Å². The van der Waals surface area contributed by atoms with Crippen LogP contribution in [0.3, 0.4) is 0 Å². The molecule has 0 bridgehead atoms. The number of phosphoric acid groups is 1. The van der Waals surface area contributed by atoms with Crippen molar-refractivity contribution in [3.8, 4) is 0 Å². The lowest BCUT2D eigenvalue weighted by molar-refractivity contribution is -0.154. The molecule has 3 N–H and O–H groups in total. The third-order valence-electron chi connectivity index (χ3n) is 7.87. The second kappa shape index (κ2) is 35.3. The van der Waals surface area contributed by atoms with Gasteiger partial charge in [-0.3, -0.25) is 13.8 Å². The number of hydrogen-bond acceptors (Lipinski definition) is 7. The summed E-state index contributed by atoms with van der Waals surface area (Å²) in [7, 11) is -4.27. The molecule has 0 aromatic rings. The predicted octanol–water partition coefficient (Wildman–Crippen LogP) is 10.5. The molecular weight excluding hydrogens is 601 g/mol. The Bertz CT molecular complexity index is 762. The molecule has 0 saturated heterocycles. The smallest absolute Gasteiger partial charge is 0.457 e. The Morgan fingerprint density at radius 3 is 1.74 bits per heavy atom. The molecular formula is C37H72NO7P. The van der Waals surface area contributed by atoms with Gasteiger partial charge in [0.1, 0.15) is 6.10 Å². The van der Waals surface area contributed by atoms with Crippen LogP contribution < -0.4 is 5.73 Å². The van der Waals surface area contributed by atoms with E-state index in [1.165, 1.54) is 103 Å². The zero-order valence-corrected chi connectivity index (χ0v) is 30.7. The van der Waals surface area contributed by atoms with E-state index in [-0.39, 0.29) is 32.3 Å². The van der Waals surface area contributed by atoms with Gasteiger partial charge in [-0.1, -0.05) is 141 Å². The van der Waals surface area contributed by atoms with Crippen molar-refractivity contribution < 1.29 is 32.8 Å². The van der Waals surface area contributed by atoms with E-state index in [1.54, 1.807) is 0 Å². The largest absolute Gasteiger partial charge is 0.472 e. The first-order valence-electron chi connectivity index (χ1n) is 18.8. The Morgan fingerprint density at radius 2 is 1.15 bits per heavy atom. The first-order chi connectivity index (χ1) is 22.4. The first-order valence-corrected chi connectivity index (χ1v) is 20.3. The first kappa shape index (κ1) is 45.0. The summed E-state index contributed by atoms with van der Waals surface area (Å²) in [5.41, 5.74) is 5.35. The quantitative estimate of drug-likeness (QED) is 0.0292. The predicted molar refractivity (Wildman–Crippen MR) is 192 cm³/mol. The lowest BCUT2D eigenvalue weighted by Crippen LogP contribution is -2.28. The van der Waals surface area contributed by atoms with Crippen molar-refractivity contribution in [2.75, 3.05) is 33.0 Å². The molecule has 8 nitrogen and oxygen atoms in total. The lowest BCUT2D eigenvalue weighted by Gasteiger charge is -2.20. The molecule has 0 aromatic carbocycles. The van der Waals surface area contributed by atoms with Gasteiger partial charge in [-0.15, -0.1) is 0 Å². The van der Waals surface area contributed by atoms with E-state index in [9.17, 15) is 14.3 Å². The molecule has 0 amide bonds. The topological polar surface area (TPSA) is 117 Å². The summed E-state index contributed by atoms with van der Waals surface area (Å²) in [6, 6.07) is 0. The van der Waals surface area contributed by atoms with E-state index in [0.717, 1.165) is 44.9 Å². The van der Waals surface area contributed by atoms with Crippen LogP contribution in [-0.4, -0.2) is 49.9 Å². The van der Waals surface area contributed by atoms with Crippen molar-refractivity contribution >= 4 is 13.8 Å². The van der Waals surface area contributed by atoms with Gasteiger partial charge in [-0.05, 0) is 44.9 Å². The van der Waals surface area contributed by atoms with Gasteiger partial charge in [0.15, 0.2) is 0 Å². The minimum atomic E-state index is -4.27. The molecule has 0 heterocycles. The van der Waals surface area contributed by atoms with E-state index < -0.39 is 13.9 Å². The highest BCUT2D eigenvalue weighted by Crippen LogP contribution is 2.43. The summed E-state index contributed by atoms with van der Waals surface area (Å²) in [6.45, 7) is 4.87. The summed E-state index contributed by atoms with van der Waals surface area (Å²) in [4.78, 5) is 22.3. The number of carbonyl (C=O) groups excluding carboxylic acids is 1. The molecule has 0 radical (unpaired) electrons. The summed E-state index contributed by atoms with van der Waals surface area (Å²) in [5.74, 6) is -0.336. The maximum absolute atomic E-state index is 12.5. The standard InChI is InChI=1S/C37H72NO7P/c1-3-5-7-9-11-13-15-16-17-18-19-21-23-25-27-29-32-42-34-36(35-44-46(40,41)43-33-31-38)45-37(39)30-28-26-24-22-20-14-12-10-8-6-4-2/h11,13,16-17,36H,3-10,12,14-15,18-35,38H2,1-2H3,(H,40,41)/b13-11-,17-16-. The number of esters is 1. The maximum atomic E-state index is 12.5. The molecule has 0 spiro atoms. The highest BCUT2D eigenvalue weighted by Gasteiger charge is 2.25. The van der Waals surface area contributed by atoms with Gasteiger partial charge >= 0.3 is 13.8 Å². The molecule has 0 aliphatic heterocycles. The third-order valence-corrected chi connectivity index (χ3v) is 8.86. The molecule has 0 saturated carbocycles. The van der Waals surface area contributed by atoms with Crippen LogP contribution in [0, 0.1) is 0 Å². The maximum Gasteiger partial charge on any atom is 0.472 e. The fourth-order valence-electron chi connectivity index (χ4n) is 5.08. The monoisotopic (exact) mass is 674 g/mol. The number of hydrogen-bond donors (Lipinski definition) is 2. The van der Waals surface area contributed by atoms with Crippen LogP contribution in [0.4, 0.5) is 0 Å². The summed E-state index contributed by atoms with van der Waals surface area (Å²) >= 11 is 0. The Balaban J connectivity index is 4.09. The highest BCUT2D eigenvalue weighted by molar-refractivity contribution is 7.47.